The summed E-state index contributed by atoms with van der Waals surface area (Å²) in [4.78, 5) is 26.3. The minimum Gasteiger partial charge on any atom is -0.481 e. The zero-order chi connectivity index (χ0) is 16.7. The zero-order valence-corrected chi connectivity index (χ0v) is 13.7. The number of fused-ring (bicyclic) bond motifs is 1. The lowest BCUT2D eigenvalue weighted by Gasteiger charge is -2.10. The first-order chi connectivity index (χ1) is 11.1. The van der Waals surface area contributed by atoms with Crippen LogP contribution in [-0.4, -0.2) is 46.6 Å². The van der Waals surface area contributed by atoms with Crippen molar-refractivity contribution in [2.45, 2.75) is 0 Å². The van der Waals surface area contributed by atoms with Crippen LogP contribution in [-0.2, 0) is 9.59 Å². The molecular formula is C15H15ClN2O4S. The van der Waals surface area contributed by atoms with E-state index in [1.165, 1.54) is 11.8 Å². The van der Waals surface area contributed by atoms with E-state index >= 15 is 0 Å². The lowest BCUT2D eigenvalue weighted by atomic mass is 10.2. The Hall–Kier alpha value is -1.99. The van der Waals surface area contributed by atoms with E-state index in [1.807, 2.05) is 6.07 Å². The number of amides is 1. The molecule has 0 spiro atoms. The van der Waals surface area contributed by atoms with E-state index in [1.54, 1.807) is 24.4 Å². The first kappa shape index (κ1) is 17.4. The molecule has 1 aromatic carbocycles. The molecule has 1 amide bonds. The van der Waals surface area contributed by atoms with E-state index in [0.717, 1.165) is 5.39 Å². The normalized spacial score (nSPS) is 10.5. The maximum Gasteiger partial charge on any atom is 0.313 e. The standard InChI is InChI=1S/C15H15ClN2O4S/c16-11-3-4-12(15-10(11)2-1-5-18-15)22-8-13(19)17-6-7-23-9-14(20)21/h1-5H,6-9H2,(H,17,19)(H,20,21). The van der Waals surface area contributed by atoms with Crippen molar-refractivity contribution in [2.75, 3.05) is 24.7 Å². The molecule has 0 bridgehead atoms. The lowest BCUT2D eigenvalue weighted by Crippen LogP contribution is -2.30. The van der Waals surface area contributed by atoms with Crippen LogP contribution in [0.25, 0.3) is 10.9 Å². The van der Waals surface area contributed by atoms with Gasteiger partial charge in [-0.05, 0) is 24.3 Å². The highest BCUT2D eigenvalue weighted by molar-refractivity contribution is 7.99. The van der Waals surface area contributed by atoms with Gasteiger partial charge in [-0.2, -0.15) is 0 Å². The van der Waals surface area contributed by atoms with Gasteiger partial charge in [-0.15, -0.1) is 11.8 Å². The number of hydrogen-bond donors (Lipinski definition) is 2. The fourth-order valence-electron chi connectivity index (χ4n) is 1.84. The molecule has 1 heterocycles. The third kappa shape index (κ3) is 5.30. The fourth-order valence-corrected chi connectivity index (χ4v) is 2.63. The topological polar surface area (TPSA) is 88.5 Å². The molecule has 0 aliphatic rings. The number of hydrogen-bond acceptors (Lipinski definition) is 5. The van der Waals surface area contributed by atoms with Crippen LogP contribution in [0.15, 0.2) is 30.5 Å². The van der Waals surface area contributed by atoms with Crippen LogP contribution >= 0.6 is 23.4 Å². The summed E-state index contributed by atoms with van der Waals surface area (Å²) in [5.41, 5.74) is 0.602. The van der Waals surface area contributed by atoms with Gasteiger partial charge in [0.25, 0.3) is 5.91 Å². The Balaban J connectivity index is 1.83. The molecular weight excluding hydrogens is 340 g/mol. The van der Waals surface area contributed by atoms with Crippen molar-refractivity contribution in [1.29, 1.82) is 0 Å². The number of rotatable bonds is 8. The average Bonchev–Trinajstić information content (AvgIpc) is 2.54. The van der Waals surface area contributed by atoms with Gasteiger partial charge in [0.15, 0.2) is 6.61 Å². The van der Waals surface area contributed by atoms with Crippen molar-refractivity contribution in [3.8, 4) is 5.75 Å². The van der Waals surface area contributed by atoms with E-state index in [-0.39, 0.29) is 18.3 Å². The Labute approximate surface area is 142 Å². The number of halogens is 1. The van der Waals surface area contributed by atoms with Gasteiger partial charge in [0.1, 0.15) is 11.3 Å². The van der Waals surface area contributed by atoms with Gasteiger partial charge in [-0.1, -0.05) is 11.6 Å². The van der Waals surface area contributed by atoms with Gasteiger partial charge < -0.3 is 15.2 Å². The number of ether oxygens (including phenoxy) is 1. The van der Waals surface area contributed by atoms with Crippen LogP contribution in [0.4, 0.5) is 0 Å². The van der Waals surface area contributed by atoms with Gasteiger partial charge >= 0.3 is 5.97 Å². The third-order valence-electron chi connectivity index (χ3n) is 2.83. The lowest BCUT2D eigenvalue weighted by molar-refractivity contribution is -0.133. The number of carbonyl (C=O) groups is 2. The molecule has 0 saturated heterocycles. The van der Waals surface area contributed by atoms with Gasteiger partial charge in [0.05, 0.1) is 10.8 Å². The molecule has 0 fully saturated rings. The van der Waals surface area contributed by atoms with Crippen LogP contribution in [0.1, 0.15) is 0 Å². The van der Waals surface area contributed by atoms with E-state index in [9.17, 15) is 9.59 Å². The van der Waals surface area contributed by atoms with Gasteiger partial charge in [-0.25, -0.2) is 0 Å². The summed E-state index contributed by atoms with van der Waals surface area (Å²) in [6.45, 7) is 0.247. The quantitative estimate of drug-likeness (QED) is 0.706. The predicted molar refractivity (Wildman–Crippen MR) is 90.2 cm³/mol. The maximum atomic E-state index is 11.7. The number of aliphatic carboxylic acids is 1. The Morgan fingerprint density at radius 3 is 2.96 bits per heavy atom. The summed E-state index contributed by atoms with van der Waals surface area (Å²) in [7, 11) is 0. The predicted octanol–water partition coefficient (Wildman–Crippen LogP) is 2.20. The van der Waals surface area contributed by atoms with Crippen molar-refractivity contribution in [3.63, 3.8) is 0 Å². The van der Waals surface area contributed by atoms with E-state index < -0.39 is 5.97 Å². The molecule has 0 atom stereocenters. The summed E-state index contributed by atoms with van der Waals surface area (Å²) in [5.74, 6) is -0.106. The van der Waals surface area contributed by atoms with Crippen molar-refractivity contribution in [3.05, 3.63) is 35.5 Å². The molecule has 0 aliphatic carbocycles. The van der Waals surface area contributed by atoms with Gasteiger partial charge in [-0.3, -0.25) is 14.6 Å². The molecule has 2 rings (SSSR count). The van der Waals surface area contributed by atoms with Crippen LogP contribution < -0.4 is 10.1 Å². The number of thioether (sulfide) groups is 1. The number of aromatic nitrogens is 1. The summed E-state index contributed by atoms with van der Waals surface area (Å²) >= 11 is 7.33. The number of nitrogens with one attached hydrogen (secondary N) is 1. The maximum absolute atomic E-state index is 11.7. The number of carboxylic acid groups (broad SMARTS) is 1. The van der Waals surface area contributed by atoms with Crippen molar-refractivity contribution >= 4 is 46.1 Å². The molecule has 2 aromatic rings. The number of pyridine rings is 1. The highest BCUT2D eigenvalue weighted by Gasteiger charge is 2.09. The minimum absolute atomic E-state index is 0.0226. The Kier molecular flexibility index (Phi) is 6.49. The van der Waals surface area contributed by atoms with Crippen molar-refractivity contribution in [1.82, 2.24) is 10.3 Å². The molecule has 8 heteroatoms. The smallest absolute Gasteiger partial charge is 0.313 e. The highest BCUT2D eigenvalue weighted by atomic mass is 35.5. The van der Waals surface area contributed by atoms with Crippen molar-refractivity contribution < 1.29 is 19.4 Å². The molecule has 0 radical (unpaired) electrons. The van der Waals surface area contributed by atoms with E-state index in [2.05, 4.69) is 10.3 Å². The van der Waals surface area contributed by atoms with Crippen LogP contribution in [0, 0.1) is 0 Å². The fraction of sp³-hybridized carbons (Fsp3) is 0.267. The second kappa shape index (κ2) is 8.59. The Bertz CT molecular complexity index is 711. The molecule has 0 aliphatic heterocycles. The van der Waals surface area contributed by atoms with E-state index in [4.69, 9.17) is 21.4 Å². The number of carbonyl (C=O) groups excluding carboxylic acids is 1. The molecule has 23 heavy (non-hydrogen) atoms. The van der Waals surface area contributed by atoms with Crippen LogP contribution in [0.5, 0.6) is 5.75 Å². The van der Waals surface area contributed by atoms with Gasteiger partial charge in [0, 0.05) is 23.9 Å². The summed E-state index contributed by atoms with van der Waals surface area (Å²) in [6, 6.07) is 6.98. The molecule has 6 nitrogen and oxygen atoms in total. The first-order valence-corrected chi connectivity index (χ1v) is 8.33. The third-order valence-corrected chi connectivity index (χ3v) is 4.11. The Morgan fingerprint density at radius 1 is 1.35 bits per heavy atom. The minimum atomic E-state index is -0.869. The second-order valence-corrected chi connectivity index (χ2v) is 6.04. The summed E-state index contributed by atoms with van der Waals surface area (Å²) in [5, 5.41) is 12.5. The number of carboxylic acids is 1. The van der Waals surface area contributed by atoms with Crippen molar-refractivity contribution in [2.24, 2.45) is 0 Å². The Morgan fingerprint density at radius 2 is 2.17 bits per heavy atom. The molecule has 0 saturated carbocycles. The highest BCUT2D eigenvalue weighted by Crippen LogP contribution is 2.29. The van der Waals surface area contributed by atoms with E-state index in [0.29, 0.717) is 28.6 Å². The summed E-state index contributed by atoms with van der Waals surface area (Å²) < 4.78 is 5.50. The average molecular weight is 355 g/mol. The van der Waals surface area contributed by atoms with Gasteiger partial charge in [0.2, 0.25) is 0 Å². The SMILES string of the molecule is O=C(O)CSCCNC(=O)COc1ccc(Cl)c2cccnc12. The number of nitrogens with zero attached hydrogens (tertiary/aromatic N) is 1. The molecule has 1 aromatic heterocycles. The number of benzene rings is 1. The second-order valence-electron chi connectivity index (χ2n) is 4.53. The molecule has 122 valence electrons. The monoisotopic (exact) mass is 354 g/mol. The largest absolute Gasteiger partial charge is 0.481 e. The van der Waals surface area contributed by atoms with Crippen LogP contribution in [0.2, 0.25) is 5.02 Å². The molecule has 0 unspecified atom stereocenters. The molecule has 2 N–H and O–H groups in total. The summed E-state index contributed by atoms with van der Waals surface area (Å²) in [6.07, 6.45) is 1.63. The zero-order valence-electron chi connectivity index (χ0n) is 12.1. The van der Waals surface area contributed by atoms with Crippen LogP contribution in [0.3, 0.4) is 0 Å². The first-order valence-electron chi connectivity index (χ1n) is 6.80.